The minimum atomic E-state index is -0.450. The van der Waals surface area contributed by atoms with E-state index in [1.807, 2.05) is 69.3 Å². The molecule has 43 heavy (non-hydrogen) atoms. The van der Waals surface area contributed by atoms with Crippen LogP contribution >= 0.6 is 0 Å². The van der Waals surface area contributed by atoms with Gasteiger partial charge in [-0.3, -0.25) is 4.79 Å². The maximum absolute atomic E-state index is 13.4. The van der Waals surface area contributed by atoms with Crippen molar-refractivity contribution in [2.45, 2.75) is 32.9 Å². The molecule has 0 saturated carbocycles. The first-order valence-electron chi connectivity index (χ1n) is 14.2. The molecule has 1 aromatic heterocycles. The van der Waals surface area contributed by atoms with Crippen molar-refractivity contribution in [2.24, 2.45) is 0 Å². The molecule has 1 saturated heterocycles. The minimum absolute atomic E-state index is 0.0471. The molecular weight excluding hydrogens is 552 g/mol. The van der Waals surface area contributed by atoms with Crippen molar-refractivity contribution in [1.29, 1.82) is 0 Å². The summed E-state index contributed by atoms with van der Waals surface area (Å²) < 4.78 is 21.7. The third kappa shape index (κ3) is 7.19. The molecule has 0 atom stereocenters. The van der Waals surface area contributed by atoms with E-state index in [1.165, 1.54) is 4.90 Å². The van der Waals surface area contributed by atoms with Gasteiger partial charge >= 0.3 is 6.03 Å². The van der Waals surface area contributed by atoms with Gasteiger partial charge in [-0.2, -0.15) is 0 Å². The number of carbonyl (C=O) groups excluding carboxylic acids is 2. The SMILES string of the molecule is COc1ccc(-c2ccc(N3CCN(C(=O)CN(Cc4ccc5c(c4)OCO5)C(=O)NC(C)(C)C)CC3)nn2)c(OC)c1. The zero-order chi connectivity index (χ0) is 30.6. The second-order valence-electron chi connectivity index (χ2n) is 11.4. The van der Waals surface area contributed by atoms with Gasteiger partial charge in [-0.15, -0.1) is 10.2 Å². The summed E-state index contributed by atoms with van der Waals surface area (Å²) in [4.78, 5) is 32.0. The summed E-state index contributed by atoms with van der Waals surface area (Å²) in [5.41, 5.74) is 1.90. The Morgan fingerprint density at radius 2 is 1.70 bits per heavy atom. The van der Waals surface area contributed by atoms with Gasteiger partial charge in [-0.25, -0.2) is 4.79 Å². The molecule has 228 valence electrons. The highest BCUT2D eigenvalue weighted by molar-refractivity contribution is 5.84. The van der Waals surface area contributed by atoms with Crippen LogP contribution in [0.5, 0.6) is 23.0 Å². The molecule has 5 rings (SSSR count). The first-order chi connectivity index (χ1) is 20.6. The van der Waals surface area contributed by atoms with E-state index < -0.39 is 5.54 Å². The molecule has 0 radical (unpaired) electrons. The summed E-state index contributed by atoms with van der Waals surface area (Å²) in [5, 5.41) is 11.9. The van der Waals surface area contributed by atoms with Crippen molar-refractivity contribution in [3.05, 3.63) is 54.1 Å². The molecule has 3 aromatic rings. The lowest BCUT2D eigenvalue weighted by Gasteiger charge is -2.36. The smallest absolute Gasteiger partial charge is 0.318 e. The van der Waals surface area contributed by atoms with Gasteiger partial charge in [-0.05, 0) is 62.7 Å². The van der Waals surface area contributed by atoms with E-state index in [9.17, 15) is 9.59 Å². The largest absolute Gasteiger partial charge is 0.497 e. The molecule has 0 spiro atoms. The predicted molar refractivity (Wildman–Crippen MR) is 161 cm³/mol. The molecule has 1 N–H and O–H groups in total. The van der Waals surface area contributed by atoms with Crippen LogP contribution in [-0.4, -0.2) is 91.2 Å². The maximum atomic E-state index is 13.4. The van der Waals surface area contributed by atoms with Crippen molar-refractivity contribution in [3.8, 4) is 34.3 Å². The van der Waals surface area contributed by atoms with Gasteiger partial charge in [0.25, 0.3) is 0 Å². The van der Waals surface area contributed by atoms with Crippen molar-refractivity contribution in [1.82, 2.24) is 25.3 Å². The zero-order valence-corrected chi connectivity index (χ0v) is 25.3. The Kier molecular flexibility index (Phi) is 8.74. The van der Waals surface area contributed by atoms with E-state index in [1.54, 1.807) is 19.1 Å². The van der Waals surface area contributed by atoms with Crippen LogP contribution in [0.25, 0.3) is 11.3 Å². The van der Waals surface area contributed by atoms with Crippen LogP contribution < -0.4 is 29.2 Å². The quantitative estimate of drug-likeness (QED) is 0.420. The summed E-state index contributed by atoms with van der Waals surface area (Å²) in [6, 6.07) is 14.6. The number of urea groups is 1. The fourth-order valence-electron chi connectivity index (χ4n) is 4.95. The van der Waals surface area contributed by atoms with Crippen LogP contribution in [-0.2, 0) is 11.3 Å². The lowest BCUT2D eigenvalue weighted by atomic mass is 10.1. The standard InChI is InChI=1S/C31H38N6O6/c1-31(2,3)32-30(39)37(18-21-6-10-25-27(16-21)43-20-42-25)19-29(38)36-14-12-35(13-15-36)28-11-9-24(33-34-28)23-8-7-22(40-4)17-26(23)41-5/h6-11,16-17H,12-15,18-20H2,1-5H3,(H,32,39). The number of ether oxygens (including phenoxy) is 4. The fraction of sp³-hybridized carbons (Fsp3) is 0.419. The number of carbonyl (C=O) groups is 2. The van der Waals surface area contributed by atoms with E-state index in [0.29, 0.717) is 54.9 Å². The number of fused-ring (bicyclic) bond motifs is 1. The molecule has 2 aliphatic rings. The van der Waals surface area contributed by atoms with Gasteiger partial charge in [0.1, 0.15) is 18.0 Å². The molecule has 0 unspecified atom stereocenters. The molecule has 12 heteroatoms. The van der Waals surface area contributed by atoms with Crippen LogP contribution in [0.3, 0.4) is 0 Å². The normalized spacial score (nSPS) is 14.3. The number of nitrogens with one attached hydrogen (secondary N) is 1. The Balaban J connectivity index is 1.21. The number of anilines is 1. The Hall–Kier alpha value is -4.74. The maximum Gasteiger partial charge on any atom is 0.318 e. The predicted octanol–water partition coefficient (Wildman–Crippen LogP) is 3.55. The van der Waals surface area contributed by atoms with Gasteiger partial charge in [0.05, 0.1) is 19.9 Å². The number of rotatable bonds is 8. The van der Waals surface area contributed by atoms with Gasteiger partial charge in [0, 0.05) is 49.9 Å². The van der Waals surface area contributed by atoms with Gasteiger partial charge in [0.15, 0.2) is 17.3 Å². The van der Waals surface area contributed by atoms with Crippen molar-refractivity contribution >= 4 is 17.8 Å². The van der Waals surface area contributed by atoms with Crippen LogP contribution in [0.4, 0.5) is 10.6 Å². The number of methoxy groups -OCH3 is 2. The molecule has 0 aliphatic carbocycles. The first-order valence-corrected chi connectivity index (χ1v) is 14.2. The lowest BCUT2D eigenvalue weighted by Crippen LogP contribution is -2.54. The number of hydrogen-bond acceptors (Lipinski definition) is 9. The molecule has 2 aliphatic heterocycles. The Morgan fingerprint density at radius 3 is 2.37 bits per heavy atom. The van der Waals surface area contributed by atoms with Gasteiger partial charge in [-0.1, -0.05) is 6.07 Å². The summed E-state index contributed by atoms with van der Waals surface area (Å²) in [6.45, 7) is 8.32. The Labute approximate surface area is 251 Å². The van der Waals surface area contributed by atoms with Crippen molar-refractivity contribution in [3.63, 3.8) is 0 Å². The van der Waals surface area contributed by atoms with Crippen LogP contribution in [0, 0.1) is 0 Å². The Morgan fingerprint density at radius 1 is 0.930 bits per heavy atom. The second kappa shape index (κ2) is 12.6. The molecule has 3 amide bonds. The number of nitrogens with zero attached hydrogens (tertiary/aromatic N) is 5. The number of benzene rings is 2. The van der Waals surface area contributed by atoms with E-state index in [0.717, 1.165) is 16.9 Å². The number of piperazine rings is 1. The van der Waals surface area contributed by atoms with Crippen LogP contribution in [0.2, 0.25) is 0 Å². The topological polar surface area (TPSA) is 119 Å². The van der Waals surface area contributed by atoms with E-state index in [2.05, 4.69) is 20.4 Å². The molecule has 1 fully saturated rings. The highest BCUT2D eigenvalue weighted by Gasteiger charge is 2.28. The first kappa shape index (κ1) is 29.7. The number of aromatic nitrogens is 2. The van der Waals surface area contributed by atoms with Crippen molar-refractivity contribution in [2.75, 3.05) is 58.6 Å². The highest BCUT2D eigenvalue weighted by Crippen LogP contribution is 2.33. The highest BCUT2D eigenvalue weighted by atomic mass is 16.7. The monoisotopic (exact) mass is 590 g/mol. The summed E-state index contributed by atoms with van der Waals surface area (Å²) in [7, 11) is 3.21. The Bertz CT molecular complexity index is 1450. The lowest BCUT2D eigenvalue weighted by molar-refractivity contribution is -0.132. The van der Waals surface area contributed by atoms with Crippen molar-refractivity contribution < 1.29 is 28.5 Å². The number of amides is 3. The summed E-state index contributed by atoms with van der Waals surface area (Å²) in [5.74, 6) is 3.27. The van der Waals surface area contributed by atoms with Crippen LogP contribution in [0.1, 0.15) is 26.3 Å². The minimum Gasteiger partial charge on any atom is -0.497 e. The third-order valence-electron chi connectivity index (χ3n) is 7.20. The van der Waals surface area contributed by atoms with Gasteiger partial charge < -0.3 is 39.0 Å². The average molecular weight is 591 g/mol. The molecule has 2 aromatic carbocycles. The van der Waals surface area contributed by atoms with E-state index in [4.69, 9.17) is 18.9 Å². The average Bonchev–Trinajstić information content (AvgIpc) is 3.48. The molecular formula is C31H38N6O6. The molecule has 12 nitrogen and oxygen atoms in total. The molecule has 3 heterocycles. The number of hydrogen-bond donors (Lipinski definition) is 1. The molecule has 0 bridgehead atoms. The third-order valence-corrected chi connectivity index (χ3v) is 7.20. The van der Waals surface area contributed by atoms with Gasteiger partial charge in [0.2, 0.25) is 12.7 Å². The van der Waals surface area contributed by atoms with E-state index >= 15 is 0 Å². The summed E-state index contributed by atoms with van der Waals surface area (Å²) in [6.07, 6.45) is 0. The van der Waals surface area contributed by atoms with E-state index in [-0.39, 0.29) is 31.8 Å². The van der Waals surface area contributed by atoms with Crippen LogP contribution in [0.15, 0.2) is 48.5 Å². The fourth-order valence-corrected chi connectivity index (χ4v) is 4.95. The second-order valence-corrected chi connectivity index (χ2v) is 11.4. The zero-order valence-electron chi connectivity index (χ0n) is 25.3. The summed E-state index contributed by atoms with van der Waals surface area (Å²) >= 11 is 0.